The van der Waals surface area contributed by atoms with Crippen LogP contribution in [0.1, 0.15) is 15.1 Å². The summed E-state index contributed by atoms with van der Waals surface area (Å²) in [7, 11) is 0. The van der Waals surface area contributed by atoms with E-state index in [4.69, 9.17) is 14.0 Å². The van der Waals surface area contributed by atoms with Crippen LogP contribution in [0.2, 0.25) is 0 Å². The summed E-state index contributed by atoms with van der Waals surface area (Å²) in [5.74, 6) is 0. The van der Waals surface area contributed by atoms with Crippen LogP contribution in [0, 0.1) is 0 Å². The van der Waals surface area contributed by atoms with Crippen molar-refractivity contribution in [3.05, 3.63) is 200 Å². The first kappa shape index (κ1) is 20.7. The van der Waals surface area contributed by atoms with Gasteiger partial charge in [0.05, 0.1) is 15.1 Å². The molecule has 0 fully saturated rings. The Balaban J connectivity index is 1.20. The van der Waals surface area contributed by atoms with Crippen LogP contribution >= 0.6 is 0 Å². The SMILES string of the molecule is [2H]c1c([2H])c(N(c2ccc(-c3cccc4ccccc34)cc2)c2cccc(-c3ccc4oc5ccccc5c4c3)c2)c([2H])c([2H])c1-c1c([2H])c([2H])c([2H])c2c([2H])c([2H])c([2H])c([2H])c12. The Bertz CT molecular complexity index is 3500. The molecule has 0 unspecified atom stereocenters. The van der Waals surface area contributed by atoms with Crippen LogP contribution in [-0.2, 0) is 0 Å². The molecule has 0 N–H and O–H groups in total. The lowest BCUT2D eigenvalue weighted by Crippen LogP contribution is -2.10. The highest BCUT2D eigenvalue weighted by atomic mass is 16.3. The van der Waals surface area contributed by atoms with Gasteiger partial charge in [-0.25, -0.2) is 0 Å². The fraction of sp³-hybridized carbons (Fsp3) is 0. The van der Waals surface area contributed by atoms with Gasteiger partial charge in [-0.1, -0.05) is 145 Å². The van der Waals surface area contributed by atoms with Crippen molar-refractivity contribution in [2.45, 2.75) is 0 Å². The van der Waals surface area contributed by atoms with Gasteiger partial charge < -0.3 is 9.32 Å². The van der Waals surface area contributed by atoms with E-state index in [1.165, 1.54) is 0 Å². The van der Waals surface area contributed by atoms with Crippen molar-refractivity contribution < 1.29 is 19.5 Å². The van der Waals surface area contributed by atoms with Gasteiger partial charge in [0.1, 0.15) is 11.2 Å². The normalized spacial score (nSPS) is 14.4. The minimum Gasteiger partial charge on any atom is -0.456 e. The smallest absolute Gasteiger partial charge is 0.135 e. The van der Waals surface area contributed by atoms with Gasteiger partial charge in [0, 0.05) is 27.8 Å². The van der Waals surface area contributed by atoms with E-state index < -0.39 is 72.0 Å². The molecular formula is C50H33NO. The number of benzene rings is 9. The van der Waals surface area contributed by atoms with E-state index in [9.17, 15) is 5.48 Å². The summed E-state index contributed by atoms with van der Waals surface area (Å²) in [4.78, 5) is 1.65. The topological polar surface area (TPSA) is 16.4 Å². The molecule has 0 aliphatic carbocycles. The lowest BCUT2D eigenvalue weighted by molar-refractivity contribution is 0.669. The molecular weight excluding hydrogens is 631 g/mol. The molecule has 2 heteroatoms. The summed E-state index contributed by atoms with van der Waals surface area (Å²) in [6, 6.07) is 36.5. The Hall–Kier alpha value is -6.90. The van der Waals surface area contributed by atoms with Crippen LogP contribution in [0.4, 0.5) is 17.1 Å². The third kappa shape index (κ3) is 5.21. The van der Waals surface area contributed by atoms with Crippen molar-refractivity contribution >= 4 is 60.5 Å². The molecule has 1 aromatic heterocycles. The van der Waals surface area contributed by atoms with Gasteiger partial charge in [-0.3, -0.25) is 0 Å². The summed E-state index contributed by atoms with van der Waals surface area (Å²) in [6.07, 6.45) is 0. The Kier molecular flexibility index (Phi) is 4.96. The first-order chi connectivity index (χ1) is 30.3. The molecule has 0 bridgehead atoms. The van der Waals surface area contributed by atoms with Crippen LogP contribution in [-0.4, -0.2) is 0 Å². The molecule has 0 aliphatic rings. The quantitative estimate of drug-likeness (QED) is 0.175. The van der Waals surface area contributed by atoms with Crippen molar-refractivity contribution in [2.24, 2.45) is 0 Å². The fourth-order valence-corrected chi connectivity index (χ4v) is 6.95. The highest BCUT2D eigenvalue weighted by Gasteiger charge is 2.16. The lowest BCUT2D eigenvalue weighted by atomic mass is 9.97. The first-order valence-electron chi connectivity index (χ1n) is 22.4. The molecule has 10 aromatic rings. The Morgan fingerprint density at radius 1 is 0.365 bits per heavy atom. The summed E-state index contributed by atoms with van der Waals surface area (Å²) in [5, 5.41) is 3.38. The molecule has 2 nitrogen and oxygen atoms in total. The van der Waals surface area contributed by atoms with E-state index in [2.05, 4.69) is 18.2 Å². The van der Waals surface area contributed by atoms with Gasteiger partial charge in [0.2, 0.25) is 0 Å². The highest BCUT2D eigenvalue weighted by Crippen LogP contribution is 2.40. The van der Waals surface area contributed by atoms with Gasteiger partial charge >= 0.3 is 0 Å². The molecule has 1 heterocycles. The molecule has 0 atom stereocenters. The predicted octanol–water partition coefficient (Wildman–Crippen LogP) is 14.4. The number of furan rings is 1. The van der Waals surface area contributed by atoms with Crippen molar-refractivity contribution in [3.8, 4) is 33.4 Å². The fourth-order valence-electron chi connectivity index (χ4n) is 6.95. The molecule has 0 saturated carbocycles. The number of rotatable bonds is 6. The minimum atomic E-state index is -0.671. The van der Waals surface area contributed by atoms with Crippen LogP contribution in [0.3, 0.4) is 0 Å². The zero-order chi connectivity index (χ0) is 44.0. The number of para-hydroxylation sites is 1. The van der Waals surface area contributed by atoms with E-state index in [1.807, 2.05) is 115 Å². The van der Waals surface area contributed by atoms with Crippen molar-refractivity contribution in [3.63, 3.8) is 0 Å². The molecule has 0 radical (unpaired) electrons. The van der Waals surface area contributed by atoms with Crippen molar-refractivity contribution in [2.75, 3.05) is 4.90 Å². The molecule has 244 valence electrons. The molecule has 0 aliphatic heterocycles. The second-order valence-electron chi connectivity index (χ2n) is 12.5. The maximum absolute atomic E-state index is 9.59. The number of hydrogen-bond acceptors (Lipinski definition) is 2. The maximum Gasteiger partial charge on any atom is 0.135 e. The predicted molar refractivity (Wildman–Crippen MR) is 220 cm³/mol. The second kappa shape index (κ2) is 12.5. The number of fused-ring (bicyclic) bond motifs is 5. The summed E-state index contributed by atoms with van der Waals surface area (Å²) in [6.45, 7) is 0. The maximum atomic E-state index is 9.59. The number of hydrogen-bond donors (Lipinski definition) is 0. The Morgan fingerprint density at radius 3 is 1.98 bits per heavy atom. The number of nitrogens with zero attached hydrogens (tertiary/aromatic N) is 1. The van der Waals surface area contributed by atoms with E-state index in [0.717, 1.165) is 55.0 Å². The first-order valence-corrected chi connectivity index (χ1v) is 16.9. The standard InChI is InChI=1S/C50H33NO/c1-3-16-43-34(10-1)12-8-19-45(43)36-22-27-40(28-23-36)51(41-29-24-37(25-30-41)46-20-9-13-35-11-2-4-17-44(35)46)42-15-7-14-38(32-42)39-26-31-50-48(33-39)47-18-5-6-21-49(47)52-50/h1-33H/i1D,3D,8D,10D,12D,16D,19D,22D,23D,27D,28D. The van der Waals surface area contributed by atoms with Gasteiger partial charge in [0.15, 0.2) is 0 Å². The monoisotopic (exact) mass is 674 g/mol. The molecule has 0 saturated heterocycles. The minimum absolute atomic E-state index is 0.110. The van der Waals surface area contributed by atoms with Crippen LogP contribution in [0.25, 0.3) is 76.9 Å². The third-order valence-electron chi connectivity index (χ3n) is 9.44. The average molecular weight is 675 g/mol. The van der Waals surface area contributed by atoms with E-state index in [-0.39, 0.29) is 22.0 Å². The largest absolute Gasteiger partial charge is 0.456 e. The summed E-state index contributed by atoms with van der Waals surface area (Å²) >= 11 is 0. The van der Waals surface area contributed by atoms with Crippen LogP contribution < -0.4 is 4.90 Å². The van der Waals surface area contributed by atoms with Crippen molar-refractivity contribution in [1.82, 2.24) is 0 Å². The Labute approximate surface area is 317 Å². The molecule has 52 heavy (non-hydrogen) atoms. The second-order valence-corrected chi connectivity index (χ2v) is 12.5. The molecule has 9 aromatic carbocycles. The third-order valence-corrected chi connectivity index (χ3v) is 9.44. The average Bonchev–Trinajstić information content (AvgIpc) is 3.69. The molecule has 10 rings (SSSR count). The van der Waals surface area contributed by atoms with E-state index >= 15 is 0 Å². The zero-order valence-corrected chi connectivity index (χ0v) is 27.6. The van der Waals surface area contributed by atoms with E-state index in [0.29, 0.717) is 11.4 Å². The van der Waals surface area contributed by atoms with Gasteiger partial charge in [-0.05, 0) is 109 Å². The number of anilines is 3. The van der Waals surface area contributed by atoms with Crippen molar-refractivity contribution in [1.29, 1.82) is 0 Å². The highest BCUT2D eigenvalue weighted by molar-refractivity contribution is 6.06. The van der Waals surface area contributed by atoms with Gasteiger partial charge in [0.25, 0.3) is 0 Å². The summed E-state index contributed by atoms with van der Waals surface area (Å²) in [5.41, 5.74) is 5.25. The zero-order valence-electron chi connectivity index (χ0n) is 38.6. The Morgan fingerprint density at radius 2 is 1.08 bits per heavy atom. The van der Waals surface area contributed by atoms with Gasteiger partial charge in [-0.15, -0.1) is 0 Å². The van der Waals surface area contributed by atoms with Crippen LogP contribution in [0.5, 0.6) is 0 Å². The molecule has 0 amide bonds. The lowest BCUT2D eigenvalue weighted by Gasteiger charge is -2.26. The van der Waals surface area contributed by atoms with Gasteiger partial charge in [-0.2, -0.15) is 0 Å². The summed E-state index contributed by atoms with van der Waals surface area (Å²) < 4.78 is 104. The van der Waals surface area contributed by atoms with Crippen LogP contribution in [0.15, 0.2) is 204 Å². The van der Waals surface area contributed by atoms with E-state index in [1.54, 1.807) is 4.90 Å². The molecule has 0 spiro atoms.